The van der Waals surface area contributed by atoms with E-state index in [-0.39, 0.29) is 0 Å². The Morgan fingerprint density at radius 2 is 2.22 bits per heavy atom. The van der Waals surface area contributed by atoms with E-state index in [2.05, 4.69) is 23.2 Å². The summed E-state index contributed by atoms with van der Waals surface area (Å²) in [6, 6.07) is 0. The van der Waals surface area contributed by atoms with Crippen molar-refractivity contribution >= 4 is 16.3 Å². The highest BCUT2D eigenvalue weighted by atomic mass is 27.0. The molecule has 0 heterocycles. The van der Waals surface area contributed by atoms with Crippen molar-refractivity contribution in [1.82, 2.24) is 0 Å². The highest BCUT2D eigenvalue weighted by Crippen LogP contribution is 1.99. The van der Waals surface area contributed by atoms with Crippen LogP contribution in [0.2, 0.25) is 0 Å². The third kappa shape index (κ3) is 8.45. The zero-order chi connectivity index (χ0) is 7.33. The molecule has 0 saturated carbocycles. The summed E-state index contributed by atoms with van der Waals surface area (Å²) in [4.78, 5) is 0. The molecule has 0 spiro atoms. The quantitative estimate of drug-likeness (QED) is 0.356. The lowest BCUT2D eigenvalue weighted by Crippen LogP contribution is -2.28. The standard InChI is InChI=1S/C6H13O2.Al/c1-3-4-5-8-6(2)7;/h7H,3-5H2,1-2H3;. The molecule has 2 radical (unpaired) electrons. The number of aliphatic hydroxyl groups is 1. The van der Waals surface area contributed by atoms with Crippen LogP contribution < -0.4 is 0 Å². The zero-order valence-electron chi connectivity index (χ0n) is 6.05. The molecular weight excluding hydrogens is 131 g/mol. The molecule has 0 aliphatic rings. The number of unbranched alkanes of at least 4 members (excludes halogenated alkanes) is 1. The predicted octanol–water partition coefficient (Wildman–Crippen LogP) is 0.638. The van der Waals surface area contributed by atoms with Gasteiger partial charge in [-0.3, -0.25) is 0 Å². The summed E-state index contributed by atoms with van der Waals surface area (Å²) in [5.74, 6) is 0. The van der Waals surface area contributed by atoms with E-state index >= 15 is 0 Å². The van der Waals surface area contributed by atoms with Crippen molar-refractivity contribution in [2.75, 3.05) is 6.61 Å². The third-order valence-corrected chi connectivity index (χ3v) is 1.06. The Morgan fingerprint density at radius 3 is 2.56 bits per heavy atom. The molecule has 0 aliphatic heterocycles. The maximum Gasteiger partial charge on any atom is 0.225 e. The van der Waals surface area contributed by atoms with Crippen LogP contribution in [0.3, 0.4) is 0 Å². The normalized spacial score (nSPS) is 17.2. The fourth-order valence-electron chi connectivity index (χ4n) is 0.423. The molecule has 3 heteroatoms. The van der Waals surface area contributed by atoms with Gasteiger partial charge in [-0.05, 0) is 13.3 Å². The topological polar surface area (TPSA) is 29.5 Å². The van der Waals surface area contributed by atoms with Crippen LogP contribution >= 0.6 is 0 Å². The molecule has 0 bridgehead atoms. The molecule has 0 aromatic carbocycles. The number of hydrogen-bond donors (Lipinski definition) is 1. The van der Waals surface area contributed by atoms with Gasteiger partial charge in [0.2, 0.25) is 16.3 Å². The molecule has 0 amide bonds. The van der Waals surface area contributed by atoms with Gasteiger partial charge in [0.15, 0.2) is 0 Å². The van der Waals surface area contributed by atoms with Gasteiger partial charge in [0.1, 0.15) is 0 Å². The Bertz CT molecular complexity index is 67.9. The monoisotopic (exact) mass is 144 g/mol. The Balaban J connectivity index is 3.07. The summed E-state index contributed by atoms with van der Waals surface area (Å²) < 4.78 is 3.96. The molecule has 1 atom stereocenters. The highest BCUT2D eigenvalue weighted by Gasteiger charge is 2.08. The first-order valence-electron chi connectivity index (χ1n) is 3.21. The lowest BCUT2D eigenvalue weighted by atomic mass is 10.4. The molecule has 0 aromatic rings. The van der Waals surface area contributed by atoms with E-state index in [1.807, 2.05) is 0 Å². The highest BCUT2D eigenvalue weighted by molar-refractivity contribution is 6.12. The van der Waals surface area contributed by atoms with Gasteiger partial charge in [-0.1, -0.05) is 13.3 Å². The Hall–Kier alpha value is 0.452. The minimum absolute atomic E-state index is 0.632. The minimum Gasteiger partial charge on any atom is -0.383 e. The van der Waals surface area contributed by atoms with Gasteiger partial charge < -0.3 is 9.84 Å². The molecular formula is C6H13AlO2. The van der Waals surface area contributed by atoms with E-state index in [0.717, 1.165) is 12.8 Å². The third-order valence-electron chi connectivity index (χ3n) is 0.892. The molecule has 1 N–H and O–H groups in total. The van der Waals surface area contributed by atoms with Crippen LogP contribution in [0, 0.1) is 0 Å². The Labute approximate surface area is 64.6 Å². The zero-order valence-corrected chi connectivity index (χ0v) is 7.21. The largest absolute Gasteiger partial charge is 0.383 e. The van der Waals surface area contributed by atoms with Crippen molar-refractivity contribution in [2.45, 2.75) is 31.3 Å². The summed E-state index contributed by atoms with van der Waals surface area (Å²) in [7, 11) is 0. The van der Waals surface area contributed by atoms with Crippen LogP contribution in [0.25, 0.3) is 0 Å². The van der Waals surface area contributed by atoms with Gasteiger partial charge in [0.05, 0.1) is 4.65 Å². The maximum absolute atomic E-state index is 8.99. The van der Waals surface area contributed by atoms with Crippen LogP contribution in [0.5, 0.6) is 0 Å². The van der Waals surface area contributed by atoms with E-state index in [4.69, 9.17) is 9.84 Å². The summed E-state index contributed by atoms with van der Waals surface area (Å²) in [5.41, 5.74) is 0. The van der Waals surface area contributed by atoms with E-state index in [1.165, 1.54) is 0 Å². The SMILES string of the molecule is CCCCO[C](C)(O)[Al]. The average molecular weight is 144 g/mol. The lowest BCUT2D eigenvalue weighted by molar-refractivity contribution is -0.125. The molecule has 0 aromatic heterocycles. The molecule has 1 unspecified atom stereocenters. The second kappa shape index (κ2) is 4.30. The van der Waals surface area contributed by atoms with Crippen molar-refractivity contribution < 1.29 is 9.84 Å². The van der Waals surface area contributed by atoms with Crippen LogP contribution in [0.15, 0.2) is 0 Å². The van der Waals surface area contributed by atoms with Crippen LogP contribution in [0.4, 0.5) is 0 Å². The molecule has 9 heavy (non-hydrogen) atoms. The smallest absolute Gasteiger partial charge is 0.225 e. The summed E-state index contributed by atoms with van der Waals surface area (Å²) in [5, 5.41) is 8.99. The maximum atomic E-state index is 8.99. The van der Waals surface area contributed by atoms with Crippen molar-refractivity contribution in [3.63, 3.8) is 0 Å². The van der Waals surface area contributed by atoms with Crippen LogP contribution in [-0.2, 0) is 4.74 Å². The van der Waals surface area contributed by atoms with E-state index in [9.17, 15) is 0 Å². The number of hydrogen-bond acceptors (Lipinski definition) is 2. The predicted molar refractivity (Wildman–Crippen MR) is 37.2 cm³/mol. The molecule has 2 nitrogen and oxygen atoms in total. The summed E-state index contributed by atoms with van der Waals surface area (Å²) >= 11 is 2.22. The van der Waals surface area contributed by atoms with Gasteiger partial charge in [-0.25, -0.2) is 0 Å². The van der Waals surface area contributed by atoms with Gasteiger partial charge in [-0.15, -0.1) is 0 Å². The fourth-order valence-corrected chi connectivity index (χ4v) is 0.541. The molecule has 0 rings (SSSR count). The Kier molecular flexibility index (Phi) is 4.51. The second-order valence-electron chi connectivity index (χ2n) is 2.26. The first-order chi connectivity index (χ1) is 4.06. The molecule has 0 saturated heterocycles. The van der Waals surface area contributed by atoms with E-state index in [0.29, 0.717) is 6.61 Å². The van der Waals surface area contributed by atoms with E-state index < -0.39 is 4.65 Å². The van der Waals surface area contributed by atoms with Gasteiger partial charge >= 0.3 is 0 Å². The van der Waals surface area contributed by atoms with Gasteiger partial charge in [0, 0.05) is 6.61 Å². The van der Waals surface area contributed by atoms with Gasteiger partial charge in [-0.2, -0.15) is 0 Å². The van der Waals surface area contributed by atoms with Crippen molar-refractivity contribution in [3.05, 3.63) is 0 Å². The summed E-state index contributed by atoms with van der Waals surface area (Å²) in [6.45, 7) is 4.32. The summed E-state index contributed by atoms with van der Waals surface area (Å²) in [6.07, 6.45) is 2.10. The fraction of sp³-hybridized carbons (Fsp3) is 1.00. The number of ether oxygens (including phenoxy) is 1. The molecule has 52 valence electrons. The number of rotatable bonds is 4. The lowest BCUT2D eigenvalue weighted by Gasteiger charge is -2.19. The van der Waals surface area contributed by atoms with Crippen molar-refractivity contribution in [3.8, 4) is 0 Å². The first kappa shape index (κ1) is 9.45. The average Bonchev–Trinajstić information content (AvgIpc) is 1.63. The molecule has 0 fully saturated rings. The second-order valence-corrected chi connectivity index (χ2v) is 3.33. The Morgan fingerprint density at radius 1 is 1.67 bits per heavy atom. The molecule has 0 aliphatic carbocycles. The van der Waals surface area contributed by atoms with Crippen molar-refractivity contribution in [1.29, 1.82) is 0 Å². The minimum atomic E-state index is -1.03. The van der Waals surface area contributed by atoms with Gasteiger partial charge in [0.25, 0.3) is 0 Å². The van der Waals surface area contributed by atoms with Crippen LogP contribution in [0.1, 0.15) is 26.7 Å². The van der Waals surface area contributed by atoms with E-state index in [1.54, 1.807) is 6.92 Å². The van der Waals surface area contributed by atoms with Crippen LogP contribution in [-0.4, -0.2) is 32.7 Å². The van der Waals surface area contributed by atoms with Crippen molar-refractivity contribution in [2.24, 2.45) is 0 Å². The first-order valence-corrected chi connectivity index (χ1v) is 3.79.